The highest BCUT2D eigenvalue weighted by Gasteiger charge is 2.12. The predicted octanol–water partition coefficient (Wildman–Crippen LogP) is 0.912. The van der Waals surface area contributed by atoms with Crippen molar-refractivity contribution in [1.82, 2.24) is 0 Å². The number of hydrogen-bond donors (Lipinski definition) is 1. The topological polar surface area (TPSA) is 38.7 Å². The summed E-state index contributed by atoms with van der Waals surface area (Å²) in [5, 5.41) is 8.76. The van der Waals surface area contributed by atoms with E-state index in [1.165, 1.54) is 0 Å². The molecule has 3 heteroatoms. The molecule has 3 nitrogen and oxygen atoms in total. The Morgan fingerprint density at radius 3 is 3.18 bits per heavy atom. The largest absolute Gasteiger partial charge is 0.396 e. The van der Waals surface area contributed by atoms with Gasteiger partial charge in [0.15, 0.2) is 6.29 Å². The first kappa shape index (κ1) is 6.40. The van der Waals surface area contributed by atoms with Crippen molar-refractivity contribution in [3.05, 3.63) is 0 Å². The van der Waals surface area contributed by atoms with Gasteiger partial charge in [-0.3, -0.25) is 0 Å². The highest BCUT2D eigenvalue weighted by Crippen LogP contribution is 2.13. The molecule has 1 N–H and O–H groups in total. The van der Waals surface area contributed by atoms with Crippen LogP contribution in [0.5, 0.6) is 0 Å². The fourth-order valence-electron chi connectivity index (χ4n) is 1.08. The number of aliphatic hydroxyl groups is 1. The van der Waals surface area contributed by atoms with Crippen LogP contribution in [-0.4, -0.2) is 31.2 Å². The summed E-state index contributed by atoms with van der Waals surface area (Å²) in [5.74, 6) is 0. The summed E-state index contributed by atoms with van der Waals surface area (Å²) in [5.41, 5.74) is 0. The Balaban J connectivity index is 2.04. The van der Waals surface area contributed by atoms with Crippen molar-refractivity contribution in [2.24, 2.45) is 0 Å². The second-order valence-corrected chi connectivity index (χ2v) is 2.58. The lowest BCUT2D eigenvalue weighted by atomic mass is 10.2. The fourth-order valence-corrected chi connectivity index (χ4v) is 1.08. The molecule has 1 aliphatic rings. The van der Waals surface area contributed by atoms with Crippen LogP contribution in [0.2, 0.25) is 0 Å². The fraction of sp³-hybridized carbons (Fsp3) is 1.00. The van der Waals surface area contributed by atoms with Crippen LogP contribution in [0, 0.1) is 0 Å². The minimum atomic E-state index is -2.13. The lowest BCUT2D eigenvalue weighted by molar-refractivity contribution is -0.163. The highest BCUT2D eigenvalue weighted by atomic mass is 16.7. The first-order valence-corrected chi connectivity index (χ1v) is 4.03. The summed E-state index contributed by atoms with van der Waals surface area (Å²) in [6.07, 6.45) is 2.83. The van der Waals surface area contributed by atoms with Crippen LogP contribution in [0.1, 0.15) is 28.4 Å². The Kier molecular flexibility index (Phi) is 3.21. The zero-order chi connectivity index (χ0) is 9.73. The zero-order valence-corrected chi connectivity index (χ0v) is 6.58. The molecule has 0 amide bonds. The monoisotopic (exact) mass is 162 g/mol. The number of rotatable bonds is 4. The molecular weight excluding hydrogens is 144 g/mol. The summed E-state index contributed by atoms with van der Waals surface area (Å²) in [7, 11) is 0. The third kappa shape index (κ3) is 3.70. The van der Waals surface area contributed by atoms with Crippen molar-refractivity contribution in [3.63, 3.8) is 0 Å². The van der Waals surface area contributed by atoms with E-state index in [9.17, 15) is 0 Å². The van der Waals surface area contributed by atoms with Gasteiger partial charge in [0.05, 0.1) is 9.35 Å². The molecule has 11 heavy (non-hydrogen) atoms. The van der Waals surface area contributed by atoms with E-state index in [4.69, 9.17) is 17.3 Å². The van der Waals surface area contributed by atoms with Crippen LogP contribution in [0.4, 0.5) is 0 Å². The van der Waals surface area contributed by atoms with Gasteiger partial charge in [0.25, 0.3) is 0 Å². The Bertz CT molecular complexity index is 141. The molecule has 0 aromatic rings. The van der Waals surface area contributed by atoms with E-state index in [-0.39, 0.29) is 19.3 Å². The Morgan fingerprint density at radius 1 is 1.64 bits per heavy atom. The van der Waals surface area contributed by atoms with Crippen molar-refractivity contribution in [2.45, 2.75) is 32.0 Å². The standard InChI is InChI=1S/C8H16O3/c9-5-3-7-11-8-4-1-2-6-10-8/h8-9H,1-7H2/i5D2. The van der Waals surface area contributed by atoms with Crippen LogP contribution in [-0.2, 0) is 9.47 Å². The summed E-state index contributed by atoms with van der Waals surface area (Å²) in [6.45, 7) is -1.21. The zero-order valence-electron chi connectivity index (χ0n) is 8.58. The first-order valence-electron chi connectivity index (χ1n) is 5.03. The molecule has 1 rings (SSSR count). The van der Waals surface area contributed by atoms with Crippen LogP contribution in [0.15, 0.2) is 0 Å². The summed E-state index contributed by atoms with van der Waals surface area (Å²) >= 11 is 0. The van der Waals surface area contributed by atoms with Gasteiger partial charge in [0.1, 0.15) is 0 Å². The number of hydrogen-bond acceptors (Lipinski definition) is 3. The molecular formula is C8H16O3. The lowest BCUT2D eigenvalue weighted by Crippen LogP contribution is -2.22. The summed E-state index contributed by atoms with van der Waals surface area (Å²) in [6, 6.07) is 0. The maximum Gasteiger partial charge on any atom is 0.157 e. The normalized spacial score (nSPS) is 29.4. The van der Waals surface area contributed by atoms with Crippen LogP contribution in [0.25, 0.3) is 0 Å². The number of ether oxygens (including phenoxy) is 2. The molecule has 1 saturated heterocycles. The molecule has 66 valence electrons. The van der Waals surface area contributed by atoms with E-state index in [0.29, 0.717) is 0 Å². The molecule has 0 aromatic heterocycles. The molecule has 0 saturated carbocycles. The minimum Gasteiger partial charge on any atom is -0.396 e. The minimum absolute atomic E-state index is 0.00708. The molecule has 1 heterocycles. The van der Waals surface area contributed by atoms with Crippen LogP contribution < -0.4 is 0 Å². The van der Waals surface area contributed by atoms with E-state index < -0.39 is 6.56 Å². The van der Waals surface area contributed by atoms with Crippen molar-refractivity contribution < 1.29 is 17.3 Å². The Morgan fingerprint density at radius 2 is 2.55 bits per heavy atom. The van der Waals surface area contributed by atoms with Gasteiger partial charge in [-0.1, -0.05) is 0 Å². The second kappa shape index (κ2) is 5.52. The molecule has 0 spiro atoms. The van der Waals surface area contributed by atoms with Gasteiger partial charge in [0, 0.05) is 13.2 Å². The quantitative estimate of drug-likeness (QED) is 0.668. The molecule has 1 unspecified atom stereocenters. The third-order valence-electron chi connectivity index (χ3n) is 1.66. The maximum absolute atomic E-state index is 8.76. The average molecular weight is 162 g/mol. The Hall–Kier alpha value is -0.120. The molecule has 0 aliphatic carbocycles. The van der Waals surface area contributed by atoms with Crippen LogP contribution in [0.3, 0.4) is 0 Å². The van der Waals surface area contributed by atoms with E-state index in [1.807, 2.05) is 0 Å². The van der Waals surface area contributed by atoms with Crippen molar-refractivity contribution >= 4 is 0 Å². The van der Waals surface area contributed by atoms with E-state index in [0.717, 1.165) is 25.9 Å². The molecule has 1 fully saturated rings. The third-order valence-corrected chi connectivity index (χ3v) is 1.66. The van der Waals surface area contributed by atoms with Gasteiger partial charge < -0.3 is 14.6 Å². The van der Waals surface area contributed by atoms with Gasteiger partial charge in [-0.25, -0.2) is 0 Å². The van der Waals surface area contributed by atoms with Crippen molar-refractivity contribution in [1.29, 1.82) is 0 Å². The smallest absolute Gasteiger partial charge is 0.157 e. The van der Waals surface area contributed by atoms with E-state index in [1.54, 1.807) is 0 Å². The van der Waals surface area contributed by atoms with Gasteiger partial charge in [-0.05, 0) is 25.7 Å². The molecule has 0 radical (unpaired) electrons. The van der Waals surface area contributed by atoms with Gasteiger partial charge in [-0.15, -0.1) is 0 Å². The van der Waals surface area contributed by atoms with E-state index in [2.05, 4.69) is 0 Å². The summed E-state index contributed by atoms with van der Waals surface area (Å²) < 4.78 is 24.2. The highest BCUT2D eigenvalue weighted by molar-refractivity contribution is 4.53. The molecule has 0 aromatic carbocycles. The van der Waals surface area contributed by atoms with Crippen LogP contribution >= 0.6 is 0 Å². The lowest BCUT2D eigenvalue weighted by Gasteiger charge is -2.22. The van der Waals surface area contributed by atoms with Gasteiger partial charge in [-0.2, -0.15) is 0 Å². The molecule has 1 atom stereocenters. The van der Waals surface area contributed by atoms with E-state index >= 15 is 0 Å². The van der Waals surface area contributed by atoms with Crippen molar-refractivity contribution in [3.8, 4) is 0 Å². The second-order valence-electron chi connectivity index (χ2n) is 2.58. The van der Waals surface area contributed by atoms with Gasteiger partial charge in [0.2, 0.25) is 0 Å². The van der Waals surface area contributed by atoms with Gasteiger partial charge >= 0.3 is 0 Å². The first-order chi connectivity index (χ1) is 6.08. The average Bonchev–Trinajstić information content (AvgIpc) is 2.04. The predicted molar refractivity (Wildman–Crippen MR) is 41.2 cm³/mol. The maximum atomic E-state index is 8.76. The summed E-state index contributed by atoms with van der Waals surface area (Å²) in [4.78, 5) is 0. The van der Waals surface area contributed by atoms with Crippen molar-refractivity contribution in [2.75, 3.05) is 19.8 Å². The molecule has 1 aliphatic heterocycles. The molecule has 0 bridgehead atoms. The Labute approximate surface area is 70.1 Å². The SMILES string of the molecule is [2H]C([2H])(O)CCOC1CCCCO1.